The fourth-order valence-electron chi connectivity index (χ4n) is 2.30. The first-order chi connectivity index (χ1) is 7.25. The number of nitrogens with one attached hydrogen (secondary N) is 1. The van der Waals surface area contributed by atoms with Crippen LogP contribution in [0.15, 0.2) is 0 Å². The zero-order valence-corrected chi connectivity index (χ0v) is 9.11. The molecular formula is C11H20N2O2. The summed E-state index contributed by atoms with van der Waals surface area (Å²) in [6, 6.07) is 1.27. The normalized spacial score (nSPS) is 26.1. The van der Waals surface area contributed by atoms with E-state index in [2.05, 4.69) is 10.2 Å². The molecule has 0 amide bonds. The number of aliphatic carboxylic acids is 1. The van der Waals surface area contributed by atoms with Crippen molar-refractivity contribution in [2.45, 2.75) is 44.2 Å². The summed E-state index contributed by atoms with van der Waals surface area (Å²) in [7, 11) is 0. The Morgan fingerprint density at radius 1 is 1.40 bits per heavy atom. The van der Waals surface area contributed by atoms with Gasteiger partial charge in [0.25, 0.3) is 0 Å². The van der Waals surface area contributed by atoms with Crippen LogP contribution in [0.5, 0.6) is 0 Å². The third-order valence-corrected chi connectivity index (χ3v) is 3.29. The number of carbonyl (C=O) groups is 1. The standard InChI is InChI=1S/C11H20N2O2/c14-11(15)5-7-13(10-3-4-10)8-9-2-1-6-12-9/h9-10,12H,1-8H2,(H,14,15). The van der Waals surface area contributed by atoms with Crippen LogP contribution in [0.3, 0.4) is 0 Å². The van der Waals surface area contributed by atoms with Gasteiger partial charge in [0.2, 0.25) is 0 Å². The van der Waals surface area contributed by atoms with Crippen molar-refractivity contribution in [3.63, 3.8) is 0 Å². The van der Waals surface area contributed by atoms with Crippen LogP contribution in [-0.4, -0.2) is 47.7 Å². The fraction of sp³-hybridized carbons (Fsp3) is 0.909. The van der Waals surface area contributed by atoms with E-state index < -0.39 is 5.97 Å². The van der Waals surface area contributed by atoms with Crippen molar-refractivity contribution in [2.24, 2.45) is 0 Å². The molecule has 0 aromatic heterocycles. The van der Waals surface area contributed by atoms with Crippen molar-refractivity contribution in [3.05, 3.63) is 0 Å². The Hall–Kier alpha value is -0.610. The van der Waals surface area contributed by atoms with Gasteiger partial charge in [-0.25, -0.2) is 0 Å². The molecule has 1 saturated heterocycles. The number of nitrogens with zero attached hydrogens (tertiary/aromatic N) is 1. The lowest BCUT2D eigenvalue weighted by Gasteiger charge is -2.24. The van der Waals surface area contributed by atoms with Crippen LogP contribution in [0.4, 0.5) is 0 Å². The second kappa shape index (κ2) is 4.94. The topological polar surface area (TPSA) is 52.6 Å². The molecule has 86 valence electrons. The molecule has 2 rings (SSSR count). The molecule has 0 radical (unpaired) electrons. The molecule has 15 heavy (non-hydrogen) atoms. The number of carboxylic acid groups (broad SMARTS) is 1. The predicted molar refractivity (Wildman–Crippen MR) is 57.9 cm³/mol. The highest BCUT2D eigenvalue weighted by Crippen LogP contribution is 2.27. The monoisotopic (exact) mass is 212 g/mol. The maximum atomic E-state index is 10.5. The molecular weight excluding hydrogens is 192 g/mol. The third kappa shape index (κ3) is 3.47. The smallest absolute Gasteiger partial charge is 0.304 e. The number of carboxylic acids is 1. The summed E-state index contributed by atoms with van der Waals surface area (Å²) < 4.78 is 0. The fourth-order valence-corrected chi connectivity index (χ4v) is 2.30. The van der Waals surface area contributed by atoms with E-state index in [1.807, 2.05) is 0 Å². The van der Waals surface area contributed by atoms with Gasteiger partial charge in [0, 0.05) is 25.2 Å². The lowest BCUT2D eigenvalue weighted by atomic mass is 10.2. The van der Waals surface area contributed by atoms with Crippen molar-refractivity contribution in [2.75, 3.05) is 19.6 Å². The second-order valence-corrected chi connectivity index (χ2v) is 4.66. The highest BCUT2D eigenvalue weighted by molar-refractivity contribution is 5.66. The van der Waals surface area contributed by atoms with Crippen molar-refractivity contribution in [1.29, 1.82) is 0 Å². The summed E-state index contributed by atoms with van der Waals surface area (Å²) in [5.74, 6) is -0.681. The summed E-state index contributed by atoms with van der Waals surface area (Å²) in [5, 5.41) is 12.2. The molecule has 1 aliphatic carbocycles. The van der Waals surface area contributed by atoms with Gasteiger partial charge in [-0.2, -0.15) is 0 Å². The average Bonchev–Trinajstić information content (AvgIpc) is 2.91. The summed E-state index contributed by atoms with van der Waals surface area (Å²) in [4.78, 5) is 12.9. The highest BCUT2D eigenvalue weighted by atomic mass is 16.4. The van der Waals surface area contributed by atoms with Crippen LogP contribution >= 0.6 is 0 Å². The molecule has 0 aromatic rings. The minimum absolute atomic E-state index is 0.281. The van der Waals surface area contributed by atoms with E-state index in [0.29, 0.717) is 12.1 Å². The minimum atomic E-state index is -0.681. The molecule has 1 unspecified atom stereocenters. The van der Waals surface area contributed by atoms with Crippen molar-refractivity contribution < 1.29 is 9.90 Å². The molecule has 1 heterocycles. The molecule has 1 aliphatic heterocycles. The Morgan fingerprint density at radius 2 is 2.20 bits per heavy atom. The maximum Gasteiger partial charge on any atom is 0.304 e. The molecule has 2 fully saturated rings. The van der Waals surface area contributed by atoms with Crippen molar-refractivity contribution in [1.82, 2.24) is 10.2 Å². The largest absolute Gasteiger partial charge is 0.481 e. The lowest BCUT2D eigenvalue weighted by molar-refractivity contribution is -0.137. The summed E-state index contributed by atoms with van der Waals surface area (Å²) in [6.07, 6.45) is 5.31. The molecule has 2 aliphatic rings. The van der Waals surface area contributed by atoms with E-state index >= 15 is 0 Å². The summed E-state index contributed by atoms with van der Waals surface area (Å²) >= 11 is 0. The average molecular weight is 212 g/mol. The van der Waals surface area contributed by atoms with Crippen molar-refractivity contribution in [3.8, 4) is 0 Å². The number of hydrogen-bond acceptors (Lipinski definition) is 3. The van der Waals surface area contributed by atoms with E-state index in [9.17, 15) is 4.79 Å². The van der Waals surface area contributed by atoms with Crippen LogP contribution in [0.2, 0.25) is 0 Å². The Kier molecular flexibility index (Phi) is 3.59. The highest BCUT2D eigenvalue weighted by Gasteiger charge is 2.31. The van der Waals surface area contributed by atoms with Gasteiger partial charge >= 0.3 is 5.97 Å². The molecule has 4 heteroatoms. The molecule has 4 nitrogen and oxygen atoms in total. The van der Waals surface area contributed by atoms with E-state index in [4.69, 9.17) is 5.11 Å². The lowest BCUT2D eigenvalue weighted by Crippen LogP contribution is -2.39. The van der Waals surface area contributed by atoms with Crippen LogP contribution in [-0.2, 0) is 4.79 Å². The SMILES string of the molecule is O=C(O)CCN(CC1CCCN1)C1CC1. The first-order valence-electron chi connectivity index (χ1n) is 5.95. The summed E-state index contributed by atoms with van der Waals surface area (Å²) in [5.41, 5.74) is 0. The molecule has 0 spiro atoms. The molecule has 2 N–H and O–H groups in total. The van der Waals surface area contributed by atoms with Crippen LogP contribution < -0.4 is 5.32 Å². The maximum absolute atomic E-state index is 10.5. The number of hydrogen-bond donors (Lipinski definition) is 2. The zero-order valence-electron chi connectivity index (χ0n) is 9.11. The molecule has 1 saturated carbocycles. The van der Waals surface area contributed by atoms with Gasteiger partial charge in [-0.1, -0.05) is 0 Å². The third-order valence-electron chi connectivity index (χ3n) is 3.29. The number of rotatable bonds is 6. The van der Waals surface area contributed by atoms with Gasteiger partial charge in [0.15, 0.2) is 0 Å². The van der Waals surface area contributed by atoms with Gasteiger partial charge < -0.3 is 10.4 Å². The van der Waals surface area contributed by atoms with Gasteiger partial charge in [-0.15, -0.1) is 0 Å². The Bertz CT molecular complexity index is 223. The van der Waals surface area contributed by atoms with Gasteiger partial charge in [0.1, 0.15) is 0 Å². The van der Waals surface area contributed by atoms with Gasteiger partial charge in [-0.05, 0) is 32.2 Å². The van der Waals surface area contributed by atoms with E-state index in [0.717, 1.165) is 19.6 Å². The van der Waals surface area contributed by atoms with E-state index in [-0.39, 0.29) is 6.42 Å². The quantitative estimate of drug-likeness (QED) is 0.680. The molecule has 0 aromatic carbocycles. The van der Waals surface area contributed by atoms with E-state index in [1.54, 1.807) is 0 Å². The van der Waals surface area contributed by atoms with E-state index in [1.165, 1.54) is 25.7 Å². The van der Waals surface area contributed by atoms with Crippen LogP contribution in [0.25, 0.3) is 0 Å². The zero-order chi connectivity index (χ0) is 10.7. The first kappa shape index (κ1) is 10.9. The Morgan fingerprint density at radius 3 is 2.73 bits per heavy atom. The van der Waals surface area contributed by atoms with Crippen LogP contribution in [0.1, 0.15) is 32.1 Å². The molecule has 0 bridgehead atoms. The minimum Gasteiger partial charge on any atom is -0.481 e. The Balaban J connectivity index is 1.74. The van der Waals surface area contributed by atoms with Gasteiger partial charge in [-0.3, -0.25) is 9.69 Å². The van der Waals surface area contributed by atoms with Crippen molar-refractivity contribution >= 4 is 5.97 Å². The van der Waals surface area contributed by atoms with Crippen LogP contribution in [0, 0.1) is 0 Å². The van der Waals surface area contributed by atoms with Gasteiger partial charge in [0.05, 0.1) is 6.42 Å². The predicted octanol–water partition coefficient (Wildman–Crippen LogP) is 0.677. The Labute approximate surface area is 90.6 Å². The first-order valence-corrected chi connectivity index (χ1v) is 5.95. The summed E-state index contributed by atoms with van der Waals surface area (Å²) in [6.45, 7) is 2.89. The molecule has 1 atom stereocenters. The second-order valence-electron chi connectivity index (χ2n) is 4.66.